The van der Waals surface area contributed by atoms with Crippen LogP contribution in [0.3, 0.4) is 0 Å². The summed E-state index contributed by atoms with van der Waals surface area (Å²) in [6, 6.07) is 15.2. The molecule has 0 bridgehead atoms. The summed E-state index contributed by atoms with van der Waals surface area (Å²) in [7, 11) is -2.44. The van der Waals surface area contributed by atoms with E-state index in [1.54, 1.807) is 46.1 Å². The van der Waals surface area contributed by atoms with Gasteiger partial charge < -0.3 is 14.6 Å². The van der Waals surface area contributed by atoms with Gasteiger partial charge in [0.15, 0.2) is 0 Å². The number of sulfonamides is 1. The second-order valence-corrected chi connectivity index (χ2v) is 13.1. The van der Waals surface area contributed by atoms with Crippen molar-refractivity contribution in [2.24, 2.45) is 0 Å². The van der Waals surface area contributed by atoms with Crippen LogP contribution in [0.4, 0.5) is 10.6 Å². The number of carbonyl (C=O) groups excluding carboxylic acids is 1. The fourth-order valence-electron chi connectivity index (χ4n) is 3.90. The van der Waals surface area contributed by atoms with Gasteiger partial charge in [-0.05, 0) is 74.7 Å². The minimum Gasteiger partial charge on any atom is -0.497 e. The van der Waals surface area contributed by atoms with Crippen molar-refractivity contribution in [3.8, 4) is 5.75 Å². The molecule has 41 heavy (non-hydrogen) atoms. The lowest BCUT2D eigenvalue weighted by Crippen LogP contribution is -2.40. The summed E-state index contributed by atoms with van der Waals surface area (Å²) in [5.74, 6) is -0.542. The maximum absolute atomic E-state index is 13.8. The van der Waals surface area contributed by atoms with E-state index in [1.807, 2.05) is 24.3 Å². The van der Waals surface area contributed by atoms with Gasteiger partial charge in [-0.2, -0.15) is 4.31 Å². The number of aliphatic carboxylic acids is 1. The first-order valence-corrected chi connectivity index (χ1v) is 14.8. The minimum absolute atomic E-state index is 0.0141. The largest absolute Gasteiger partial charge is 0.497 e. The van der Waals surface area contributed by atoms with Crippen LogP contribution in [0, 0.1) is 0 Å². The smallest absolute Gasteiger partial charge is 0.416 e. The van der Waals surface area contributed by atoms with Crippen molar-refractivity contribution >= 4 is 49.3 Å². The normalized spacial score (nSPS) is 11.9. The fourth-order valence-corrected chi connectivity index (χ4v) is 6.44. The Morgan fingerprint density at radius 1 is 1.05 bits per heavy atom. The van der Waals surface area contributed by atoms with Crippen LogP contribution in [0.1, 0.15) is 31.3 Å². The van der Waals surface area contributed by atoms with E-state index in [-0.39, 0.29) is 23.8 Å². The number of fused-ring (bicyclic) bond motifs is 1. The zero-order valence-electron chi connectivity index (χ0n) is 23.0. The van der Waals surface area contributed by atoms with Crippen LogP contribution in [0.15, 0.2) is 71.9 Å². The summed E-state index contributed by atoms with van der Waals surface area (Å²) >= 11 is 1.44. The van der Waals surface area contributed by atoms with E-state index in [9.17, 15) is 23.1 Å². The first kappa shape index (κ1) is 29.9. The summed E-state index contributed by atoms with van der Waals surface area (Å²) in [4.78, 5) is 34.5. The lowest BCUT2D eigenvalue weighted by Gasteiger charge is -2.26. The van der Waals surface area contributed by atoms with Crippen molar-refractivity contribution in [2.45, 2.75) is 44.4 Å². The van der Waals surface area contributed by atoms with Crippen LogP contribution in [0.5, 0.6) is 5.75 Å². The number of benzene rings is 1. The highest BCUT2D eigenvalue weighted by Crippen LogP contribution is 2.31. The Hall–Kier alpha value is -4.07. The number of carboxylic acids is 1. The molecule has 216 valence electrons. The Morgan fingerprint density at radius 2 is 1.83 bits per heavy atom. The third-order valence-corrected chi connectivity index (χ3v) is 8.55. The highest BCUT2D eigenvalue weighted by molar-refractivity contribution is 7.89. The number of carboxylic acid groups (broad SMARTS) is 1. The average Bonchev–Trinajstić information content (AvgIpc) is 3.32. The minimum atomic E-state index is -4.03. The first-order chi connectivity index (χ1) is 19.4. The number of thiophene rings is 1. The number of ether oxygens (including phenoxy) is 2. The number of nitrogens with zero attached hydrogens (tertiary/aromatic N) is 4. The number of carbonyl (C=O) groups is 2. The van der Waals surface area contributed by atoms with Gasteiger partial charge in [-0.3, -0.25) is 14.7 Å². The molecular formula is C28H30N4O7S2. The van der Waals surface area contributed by atoms with Crippen LogP contribution in [0.25, 0.3) is 10.1 Å². The lowest BCUT2D eigenvalue weighted by atomic mass is 10.2. The third-order valence-electron chi connectivity index (χ3n) is 5.70. The maximum Gasteiger partial charge on any atom is 0.416 e. The molecule has 13 heteroatoms. The summed E-state index contributed by atoms with van der Waals surface area (Å²) in [5, 5.41) is 10.4. The molecule has 0 radical (unpaired) electrons. The molecule has 11 nitrogen and oxygen atoms in total. The average molecular weight is 599 g/mol. The van der Waals surface area contributed by atoms with Gasteiger partial charge in [0.2, 0.25) is 10.0 Å². The molecule has 0 saturated heterocycles. The third kappa shape index (κ3) is 7.57. The van der Waals surface area contributed by atoms with Gasteiger partial charge in [0.25, 0.3) is 0 Å². The van der Waals surface area contributed by atoms with Gasteiger partial charge in [0, 0.05) is 28.5 Å². The molecule has 0 spiro atoms. The molecule has 4 rings (SSSR count). The van der Waals surface area contributed by atoms with E-state index in [4.69, 9.17) is 9.47 Å². The lowest BCUT2D eigenvalue weighted by molar-refractivity contribution is -0.135. The summed E-state index contributed by atoms with van der Waals surface area (Å²) in [6.45, 7) is 4.19. The molecule has 0 unspecified atom stereocenters. The van der Waals surface area contributed by atoms with E-state index in [2.05, 4.69) is 9.97 Å². The Kier molecular flexibility index (Phi) is 8.90. The number of amides is 1. The van der Waals surface area contributed by atoms with Gasteiger partial charge in [-0.1, -0.05) is 6.07 Å². The van der Waals surface area contributed by atoms with E-state index >= 15 is 0 Å². The number of pyridine rings is 2. The first-order valence-electron chi connectivity index (χ1n) is 12.5. The molecule has 3 aromatic heterocycles. The highest BCUT2D eigenvalue weighted by Gasteiger charge is 2.29. The zero-order valence-corrected chi connectivity index (χ0v) is 24.6. The topological polar surface area (TPSA) is 139 Å². The summed E-state index contributed by atoms with van der Waals surface area (Å²) in [6.07, 6.45) is 1.88. The van der Waals surface area contributed by atoms with Gasteiger partial charge in [-0.25, -0.2) is 18.2 Å². The Balaban J connectivity index is 1.70. The van der Waals surface area contributed by atoms with Crippen molar-refractivity contribution < 1.29 is 32.6 Å². The Labute approximate surface area is 242 Å². The molecule has 1 N–H and O–H groups in total. The van der Waals surface area contributed by atoms with Crippen molar-refractivity contribution in [1.29, 1.82) is 0 Å². The summed E-state index contributed by atoms with van der Waals surface area (Å²) < 4.78 is 40.4. The zero-order chi connectivity index (χ0) is 29.8. The molecule has 0 fully saturated rings. The van der Waals surface area contributed by atoms with Crippen molar-refractivity contribution in [1.82, 2.24) is 14.3 Å². The van der Waals surface area contributed by atoms with Crippen LogP contribution in [-0.2, 0) is 32.6 Å². The molecule has 0 saturated carbocycles. The van der Waals surface area contributed by atoms with Gasteiger partial charge >= 0.3 is 12.1 Å². The van der Waals surface area contributed by atoms with Gasteiger partial charge in [0.1, 0.15) is 28.6 Å². The Bertz CT molecular complexity index is 1650. The van der Waals surface area contributed by atoms with Crippen LogP contribution >= 0.6 is 11.3 Å². The molecule has 1 aromatic carbocycles. The molecule has 4 aromatic rings. The molecule has 3 heterocycles. The second kappa shape index (κ2) is 12.2. The van der Waals surface area contributed by atoms with Crippen LogP contribution < -0.4 is 9.64 Å². The van der Waals surface area contributed by atoms with Crippen LogP contribution in [0.2, 0.25) is 0 Å². The van der Waals surface area contributed by atoms with Crippen molar-refractivity contribution in [3.63, 3.8) is 0 Å². The monoisotopic (exact) mass is 598 g/mol. The predicted octanol–water partition coefficient (Wildman–Crippen LogP) is 4.92. The molecule has 0 aliphatic rings. The molecular weight excluding hydrogens is 568 g/mol. The maximum atomic E-state index is 13.8. The molecule has 0 atom stereocenters. The van der Waals surface area contributed by atoms with Gasteiger partial charge in [-0.15, -0.1) is 11.3 Å². The van der Waals surface area contributed by atoms with Crippen molar-refractivity contribution in [2.75, 3.05) is 18.6 Å². The molecule has 1 amide bonds. The number of rotatable bonds is 10. The number of hydrogen-bond acceptors (Lipinski definition) is 9. The summed E-state index contributed by atoms with van der Waals surface area (Å²) in [5.41, 5.74) is -0.564. The van der Waals surface area contributed by atoms with E-state index in [0.29, 0.717) is 11.4 Å². The second-order valence-electron chi connectivity index (χ2n) is 10.0. The van der Waals surface area contributed by atoms with E-state index < -0.39 is 34.2 Å². The molecule has 0 aliphatic heterocycles. The predicted molar refractivity (Wildman–Crippen MR) is 154 cm³/mol. The number of hydrogen-bond donors (Lipinski definition) is 1. The fraction of sp³-hybridized carbons (Fsp3) is 0.286. The van der Waals surface area contributed by atoms with Crippen LogP contribution in [-0.4, -0.2) is 59.1 Å². The molecule has 0 aliphatic carbocycles. The standard InChI is InChI=1S/C28H30N4O7S2/c1-28(2,3)39-27(35)32(18-26(33)34)25-9-5-7-20(30-25)16-31(41(36,37)23-8-6-12-29-15-23)17-22-13-19-10-11-21(38-4)14-24(19)40-22/h5-15H,16-18H2,1-4H3,(H,33,34). The quantitative estimate of drug-likeness (QED) is 0.269. The number of anilines is 1. The Morgan fingerprint density at radius 3 is 2.49 bits per heavy atom. The SMILES string of the molecule is COc1ccc2cc(CN(Cc3cccc(N(CC(=O)O)C(=O)OC(C)(C)C)n3)S(=O)(=O)c3cccnc3)sc2c1. The van der Waals surface area contributed by atoms with E-state index in [1.165, 1.54) is 40.2 Å². The number of methoxy groups -OCH3 is 1. The van der Waals surface area contributed by atoms with E-state index in [0.717, 1.165) is 19.9 Å². The van der Waals surface area contributed by atoms with Gasteiger partial charge in [0.05, 0.1) is 19.3 Å². The highest BCUT2D eigenvalue weighted by atomic mass is 32.2. The van der Waals surface area contributed by atoms with Crippen molar-refractivity contribution in [3.05, 3.63) is 77.6 Å². The number of aromatic nitrogens is 2.